The zero-order valence-corrected chi connectivity index (χ0v) is 15.5. The van der Waals surface area contributed by atoms with E-state index in [-0.39, 0.29) is 0 Å². The summed E-state index contributed by atoms with van der Waals surface area (Å²) in [6.07, 6.45) is 2.46. The van der Waals surface area contributed by atoms with Gasteiger partial charge in [-0.1, -0.05) is 18.2 Å². The molecule has 1 atom stereocenters. The third-order valence-corrected chi connectivity index (χ3v) is 4.29. The fraction of sp³-hybridized carbons (Fsp3) is 0.632. The Bertz CT molecular complexity index is 495. The molecule has 25 heavy (non-hydrogen) atoms. The van der Waals surface area contributed by atoms with E-state index in [4.69, 9.17) is 14.5 Å². The van der Waals surface area contributed by atoms with Gasteiger partial charge in [0.1, 0.15) is 12.4 Å². The van der Waals surface area contributed by atoms with Gasteiger partial charge >= 0.3 is 0 Å². The SMILES string of the molecule is CCNC(=NCC1CCCN1CCOC)NCCOc1ccccc1. The first-order chi connectivity index (χ1) is 12.3. The number of guanidine groups is 1. The lowest BCUT2D eigenvalue weighted by Gasteiger charge is -2.23. The Morgan fingerprint density at radius 3 is 2.84 bits per heavy atom. The highest BCUT2D eigenvalue weighted by atomic mass is 16.5. The first-order valence-electron chi connectivity index (χ1n) is 9.26. The van der Waals surface area contributed by atoms with Gasteiger partial charge in [0.2, 0.25) is 0 Å². The minimum Gasteiger partial charge on any atom is -0.492 e. The Balaban J connectivity index is 1.73. The Hall–Kier alpha value is -1.79. The molecule has 0 aromatic heterocycles. The number of ether oxygens (including phenoxy) is 2. The van der Waals surface area contributed by atoms with Crippen molar-refractivity contribution in [3.63, 3.8) is 0 Å². The number of methoxy groups -OCH3 is 1. The summed E-state index contributed by atoms with van der Waals surface area (Å²) in [6, 6.07) is 10.4. The maximum absolute atomic E-state index is 5.71. The molecule has 1 aromatic rings. The van der Waals surface area contributed by atoms with Gasteiger partial charge in [-0.15, -0.1) is 0 Å². The quantitative estimate of drug-likeness (QED) is 0.383. The second kappa shape index (κ2) is 11.7. The van der Waals surface area contributed by atoms with Crippen molar-refractivity contribution in [3.8, 4) is 5.75 Å². The third kappa shape index (κ3) is 7.32. The molecule has 1 aliphatic heterocycles. The number of benzene rings is 1. The van der Waals surface area contributed by atoms with Gasteiger partial charge < -0.3 is 20.1 Å². The van der Waals surface area contributed by atoms with Gasteiger partial charge in [-0.25, -0.2) is 0 Å². The molecular weight excluding hydrogens is 316 g/mol. The number of nitrogens with one attached hydrogen (secondary N) is 2. The summed E-state index contributed by atoms with van der Waals surface area (Å²) in [5, 5.41) is 6.65. The lowest BCUT2D eigenvalue weighted by Crippen LogP contribution is -2.41. The molecule has 0 saturated carbocycles. The van der Waals surface area contributed by atoms with E-state index >= 15 is 0 Å². The van der Waals surface area contributed by atoms with Crippen molar-refractivity contribution >= 4 is 5.96 Å². The van der Waals surface area contributed by atoms with Gasteiger partial charge in [0.05, 0.1) is 19.7 Å². The van der Waals surface area contributed by atoms with Crippen LogP contribution in [0.15, 0.2) is 35.3 Å². The minimum absolute atomic E-state index is 0.520. The molecular formula is C19H32N4O2. The number of hydrogen-bond acceptors (Lipinski definition) is 4. The summed E-state index contributed by atoms with van der Waals surface area (Å²) in [6.45, 7) is 8.01. The second-order valence-electron chi connectivity index (χ2n) is 6.13. The predicted molar refractivity (Wildman–Crippen MR) is 102 cm³/mol. The normalized spacial score (nSPS) is 18.3. The molecule has 140 valence electrons. The van der Waals surface area contributed by atoms with Crippen molar-refractivity contribution < 1.29 is 9.47 Å². The molecule has 0 radical (unpaired) electrons. The van der Waals surface area contributed by atoms with E-state index in [1.165, 1.54) is 12.8 Å². The molecule has 6 heteroatoms. The molecule has 1 aliphatic rings. The van der Waals surface area contributed by atoms with Crippen LogP contribution in [0.1, 0.15) is 19.8 Å². The van der Waals surface area contributed by atoms with E-state index < -0.39 is 0 Å². The maximum Gasteiger partial charge on any atom is 0.191 e. The average molecular weight is 348 g/mol. The monoisotopic (exact) mass is 348 g/mol. The van der Waals surface area contributed by atoms with Crippen LogP contribution in [0, 0.1) is 0 Å². The Labute approximate surface area is 151 Å². The van der Waals surface area contributed by atoms with Crippen LogP contribution < -0.4 is 15.4 Å². The van der Waals surface area contributed by atoms with Crippen molar-refractivity contribution in [2.24, 2.45) is 4.99 Å². The van der Waals surface area contributed by atoms with Gasteiger partial charge in [-0.3, -0.25) is 9.89 Å². The van der Waals surface area contributed by atoms with Crippen LogP contribution in [0.5, 0.6) is 5.75 Å². The van der Waals surface area contributed by atoms with Gasteiger partial charge in [0.25, 0.3) is 0 Å². The van der Waals surface area contributed by atoms with E-state index in [1.807, 2.05) is 30.3 Å². The van der Waals surface area contributed by atoms with Crippen LogP contribution in [0.2, 0.25) is 0 Å². The summed E-state index contributed by atoms with van der Waals surface area (Å²) in [5.41, 5.74) is 0. The highest BCUT2D eigenvalue weighted by Gasteiger charge is 2.23. The number of aliphatic imine (C=N–C) groups is 1. The summed E-state index contributed by atoms with van der Waals surface area (Å²) in [7, 11) is 1.76. The van der Waals surface area contributed by atoms with Gasteiger partial charge in [0, 0.05) is 26.2 Å². The molecule has 6 nitrogen and oxygen atoms in total. The average Bonchev–Trinajstić information content (AvgIpc) is 3.09. The van der Waals surface area contributed by atoms with E-state index in [2.05, 4.69) is 22.5 Å². The van der Waals surface area contributed by atoms with Crippen molar-refractivity contribution in [2.75, 3.05) is 53.0 Å². The third-order valence-electron chi connectivity index (χ3n) is 4.29. The fourth-order valence-corrected chi connectivity index (χ4v) is 3.00. The standard InChI is InChI=1S/C19H32N4O2/c1-3-20-19(21-11-14-25-18-9-5-4-6-10-18)22-16-17-8-7-12-23(17)13-15-24-2/h4-6,9-10,17H,3,7-8,11-16H2,1-2H3,(H2,20,21,22). The van der Waals surface area contributed by atoms with E-state index in [0.29, 0.717) is 12.6 Å². The molecule has 0 bridgehead atoms. The first-order valence-corrected chi connectivity index (χ1v) is 9.26. The maximum atomic E-state index is 5.71. The highest BCUT2D eigenvalue weighted by Crippen LogP contribution is 2.16. The smallest absolute Gasteiger partial charge is 0.191 e. The van der Waals surface area contributed by atoms with Crippen LogP contribution in [0.25, 0.3) is 0 Å². The first kappa shape index (κ1) is 19.5. The topological polar surface area (TPSA) is 58.1 Å². The van der Waals surface area contributed by atoms with Crippen molar-refractivity contribution in [1.29, 1.82) is 0 Å². The number of hydrogen-bond donors (Lipinski definition) is 2. The number of para-hydroxylation sites is 1. The molecule has 1 fully saturated rings. The molecule has 1 unspecified atom stereocenters. The van der Waals surface area contributed by atoms with E-state index in [9.17, 15) is 0 Å². The van der Waals surface area contributed by atoms with E-state index in [1.54, 1.807) is 7.11 Å². The van der Waals surface area contributed by atoms with E-state index in [0.717, 1.165) is 51.0 Å². The zero-order chi connectivity index (χ0) is 17.7. The lowest BCUT2D eigenvalue weighted by atomic mass is 10.2. The predicted octanol–water partition coefficient (Wildman–Crippen LogP) is 1.73. The van der Waals surface area contributed by atoms with Crippen LogP contribution in [-0.2, 0) is 4.74 Å². The van der Waals surface area contributed by atoms with Gasteiger partial charge in [0.15, 0.2) is 5.96 Å². The highest BCUT2D eigenvalue weighted by molar-refractivity contribution is 5.79. The fourth-order valence-electron chi connectivity index (χ4n) is 3.00. The number of nitrogens with zero attached hydrogens (tertiary/aromatic N) is 2. The second-order valence-corrected chi connectivity index (χ2v) is 6.13. The summed E-state index contributed by atoms with van der Waals surface area (Å²) in [5.74, 6) is 1.75. The van der Waals surface area contributed by atoms with Crippen molar-refractivity contribution in [1.82, 2.24) is 15.5 Å². The number of rotatable bonds is 10. The van der Waals surface area contributed by atoms with Gasteiger partial charge in [-0.05, 0) is 38.4 Å². The van der Waals surface area contributed by atoms with Crippen molar-refractivity contribution in [3.05, 3.63) is 30.3 Å². The molecule has 0 spiro atoms. The molecule has 2 rings (SSSR count). The largest absolute Gasteiger partial charge is 0.492 e. The zero-order valence-electron chi connectivity index (χ0n) is 15.5. The molecule has 2 N–H and O–H groups in total. The summed E-state index contributed by atoms with van der Waals surface area (Å²) >= 11 is 0. The van der Waals surface area contributed by atoms with Crippen molar-refractivity contribution in [2.45, 2.75) is 25.8 Å². The Morgan fingerprint density at radius 1 is 1.24 bits per heavy atom. The molecule has 1 aromatic carbocycles. The summed E-state index contributed by atoms with van der Waals surface area (Å²) in [4.78, 5) is 7.24. The lowest BCUT2D eigenvalue weighted by molar-refractivity contribution is 0.142. The van der Waals surface area contributed by atoms with Crippen LogP contribution in [0.4, 0.5) is 0 Å². The minimum atomic E-state index is 0.520. The number of likely N-dealkylation sites (tertiary alicyclic amines) is 1. The van der Waals surface area contributed by atoms with Gasteiger partial charge in [-0.2, -0.15) is 0 Å². The molecule has 1 heterocycles. The molecule has 0 amide bonds. The van der Waals surface area contributed by atoms with Crippen LogP contribution in [-0.4, -0.2) is 69.9 Å². The Morgan fingerprint density at radius 2 is 2.08 bits per heavy atom. The van der Waals surface area contributed by atoms with Crippen LogP contribution >= 0.6 is 0 Å². The Kier molecular flexibility index (Phi) is 9.15. The molecule has 1 saturated heterocycles. The van der Waals surface area contributed by atoms with Crippen LogP contribution in [0.3, 0.4) is 0 Å². The molecule has 0 aliphatic carbocycles. The summed E-state index contributed by atoms with van der Waals surface area (Å²) < 4.78 is 10.9.